The van der Waals surface area contributed by atoms with E-state index in [1.54, 1.807) is 0 Å². The summed E-state index contributed by atoms with van der Waals surface area (Å²) < 4.78 is 0. The van der Waals surface area contributed by atoms with Gasteiger partial charge in [0.25, 0.3) is 0 Å². The minimum Gasteiger partial charge on any atom is -0.386 e. The lowest BCUT2D eigenvalue weighted by Crippen LogP contribution is -2.43. The highest BCUT2D eigenvalue weighted by Gasteiger charge is 2.22. The molecule has 0 aliphatic carbocycles. The molecule has 2 heteroatoms. The van der Waals surface area contributed by atoms with Crippen LogP contribution in [0.25, 0.3) is 0 Å². The molecule has 0 aromatic rings. The highest BCUT2D eigenvalue weighted by molar-refractivity contribution is 4.97. The third-order valence-corrected chi connectivity index (χ3v) is 3.16. The van der Waals surface area contributed by atoms with Crippen molar-refractivity contribution < 1.29 is 0 Å². The van der Waals surface area contributed by atoms with Crippen molar-refractivity contribution in [2.75, 3.05) is 13.1 Å². The topological polar surface area (TPSA) is 15.3 Å². The molecule has 0 radical (unpaired) electrons. The van der Waals surface area contributed by atoms with E-state index in [0.717, 1.165) is 18.2 Å². The van der Waals surface area contributed by atoms with Gasteiger partial charge >= 0.3 is 0 Å². The van der Waals surface area contributed by atoms with Crippen molar-refractivity contribution >= 4 is 0 Å². The summed E-state index contributed by atoms with van der Waals surface area (Å²) in [7, 11) is 0. The van der Waals surface area contributed by atoms with Gasteiger partial charge in [-0.05, 0) is 46.1 Å². The fourth-order valence-corrected chi connectivity index (χ4v) is 2.39. The predicted octanol–water partition coefficient (Wildman–Crippen LogP) is 2.62. The second-order valence-corrected chi connectivity index (χ2v) is 5.35. The lowest BCUT2D eigenvalue weighted by atomic mass is 9.93. The second-order valence-electron chi connectivity index (χ2n) is 5.35. The van der Waals surface area contributed by atoms with Crippen LogP contribution in [0.3, 0.4) is 0 Å². The molecule has 1 fully saturated rings. The Morgan fingerprint density at radius 3 is 2.67 bits per heavy atom. The van der Waals surface area contributed by atoms with Gasteiger partial charge in [-0.3, -0.25) is 4.90 Å². The SMILES string of the molecule is C=C(CN1CCC(C)CC1C)NC(C)C. The van der Waals surface area contributed by atoms with E-state index in [2.05, 4.69) is 44.5 Å². The van der Waals surface area contributed by atoms with Crippen molar-refractivity contribution in [3.63, 3.8) is 0 Å². The van der Waals surface area contributed by atoms with Gasteiger partial charge in [0, 0.05) is 24.3 Å². The monoisotopic (exact) mass is 210 g/mol. The maximum atomic E-state index is 4.09. The first-order chi connectivity index (χ1) is 6.99. The molecule has 0 bridgehead atoms. The zero-order valence-corrected chi connectivity index (χ0v) is 10.7. The van der Waals surface area contributed by atoms with E-state index in [9.17, 15) is 0 Å². The lowest BCUT2D eigenvalue weighted by molar-refractivity contribution is 0.139. The lowest BCUT2D eigenvalue weighted by Gasteiger charge is -2.37. The van der Waals surface area contributed by atoms with Gasteiger partial charge in [0.1, 0.15) is 0 Å². The number of piperidine rings is 1. The Morgan fingerprint density at radius 1 is 1.47 bits per heavy atom. The summed E-state index contributed by atoms with van der Waals surface area (Å²) >= 11 is 0. The van der Waals surface area contributed by atoms with E-state index in [-0.39, 0.29) is 0 Å². The van der Waals surface area contributed by atoms with Crippen LogP contribution in [0.4, 0.5) is 0 Å². The van der Waals surface area contributed by atoms with Crippen LogP contribution >= 0.6 is 0 Å². The molecule has 15 heavy (non-hydrogen) atoms. The number of likely N-dealkylation sites (tertiary alicyclic amines) is 1. The van der Waals surface area contributed by atoms with E-state index in [0.29, 0.717) is 12.1 Å². The number of hydrogen-bond acceptors (Lipinski definition) is 2. The molecule has 2 nitrogen and oxygen atoms in total. The Labute approximate surface area is 94.7 Å². The van der Waals surface area contributed by atoms with Gasteiger partial charge in [0.05, 0.1) is 0 Å². The summed E-state index contributed by atoms with van der Waals surface area (Å²) in [6, 6.07) is 1.20. The Bertz CT molecular complexity index is 211. The molecular formula is C13H26N2. The van der Waals surface area contributed by atoms with Gasteiger partial charge < -0.3 is 5.32 Å². The Balaban J connectivity index is 2.34. The van der Waals surface area contributed by atoms with E-state index < -0.39 is 0 Å². The molecular weight excluding hydrogens is 184 g/mol. The predicted molar refractivity (Wildman–Crippen MR) is 66.8 cm³/mol. The summed E-state index contributed by atoms with van der Waals surface area (Å²) in [6.45, 7) is 15.3. The summed E-state index contributed by atoms with van der Waals surface area (Å²) in [4.78, 5) is 2.54. The molecule has 1 heterocycles. The van der Waals surface area contributed by atoms with Crippen LogP contribution in [0.15, 0.2) is 12.3 Å². The van der Waals surface area contributed by atoms with Crippen molar-refractivity contribution in [2.24, 2.45) is 5.92 Å². The third kappa shape index (κ3) is 4.25. The van der Waals surface area contributed by atoms with Gasteiger partial charge in [-0.1, -0.05) is 13.5 Å². The van der Waals surface area contributed by atoms with Crippen molar-refractivity contribution in [3.05, 3.63) is 12.3 Å². The Kier molecular flexibility index (Phi) is 4.65. The normalized spacial score (nSPS) is 28.1. The Hall–Kier alpha value is -0.500. The van der Waals surface area contributed by atoms with Crippen LogP contribution in [0.2, 0.25) is 0 Å². The summed E-state index contributed by atoms with van der Waals surface area (Å²) in [5.74, 6) is 0.891. The van der Waals surface area contributed by atoms with Gasteiger partial charge in [-0.15, -0.1) is 0 Å². The molecule has 1 aliphatic rings. The molecule has 1 N–H and O–H groups in total. The minimum atomic E-state index is 0.497. The molecule has 2 unspecified atom stereocenters. The molecule has 0 aromatic carbocycles. The van der Waals surface area contributed by atoms with Crippen molar-refractivity contribution in [1.82, 2.24) is 10.2 Å². The third-order valence-electron chi connectivity index (χ3n) is 3.16. The largest absolute Gasteiger partial charge is 0.386 e. The second kappa shape index (κ2) is 5.55. The molecule has 0 amide bonds. The van der Waals surface area contributed by atoms with Gasteiger partial charge in [-0.2, -0.15) is 0 Å². The number of hydrogen-bond donors (Lipinski definition) is 1. The summed E-state index contributed by atoms with van der Waals surface area (Å²) in [5, 5.41) is 3.39. The molecule has 1 rings (SSSR count). The van der Waals surface area contributed by atoms with Crippen LogP contribution in [-0.4, -0.2) is 30.1 Å². The maximum absolute atomic E-state index is 4.09. The van der Waals surface area contributed by atoms with Gasteiger partial charge in [-0.25, -0.2) is 0 Å². The fourth-order valence-electron chi connectivity index (χ4n) is 2.39. The van der Waals surface area contributed by atoms with E-state index >= 15 is 0 Å². The van der Waals surface area contributed by atoms with Crippen molar-refractivity contribution in [2.45, 2.75) is 52.6 Å². The first-order valence-corrected chi connectivity index (χ1v) is 6.17. The summed E-state index contributed by atoms with van der Waals surface area (Å²) in [5.41, 5.74) is 1.16. The van der Waals surface area contributed by atoms with Gasteiger partial charge in [0.15, 0.2) is 0 Å². The quantitative estimate of drug-likeness (QED) is 0.767. The number of nitrogens with zero attached hydrogens (tertiary/aromatic N) is 1. The molecule has 1 saturated heterocycles. The Morgan fingerprint density at radius 2 is 2.13 bits per heavy atom. The minimum absolute atomic E-state index is 0.497. The first-order valence-electron chi connectivity index (χ1n) is 6.17. The molecule has 2 atom stereocenters. The van der Waals surface area contributed by atoms with Crippen LogP contribution in [0.5, 0.6) is 0 Å². The molecule has 88 valence electrons. The van der Waals surface area contributed by atoms with E-state index in [4.69, 9.17) is 0 Å². The van der Waals surface area contributed by atoms with Crippen molar-refractivity contribution in [3.8, 4) is 0 Å². The average molecular weight is 210 g/mol. The van der Waals surface area contributed by atoms with Crippen LogP contribution < -0.4 is 5.32 Å². The van der Waals surface area contributed by atoms with Crippen LogP contribution in [-0.2, 0) is 0 Å². The number of rotatable bonds is 4. The number of nitrogens with one attached hydrogen (secondary N) is 1. The van der Waals surface area contributed by atoms with Gasteiger partial charge in [0.2, 0.25) is 0 Å². The van der Waals surface area contributed by atoms with E-state index in [1.165, 1.54) is 19.4 Å². The summed E-state index contributed by atoms with van der Waals surface area (Å²) in [6.07, 6.45) is 2.66. The zero-order chi connectivity index (χ0) is 11.4. The van der Waals surface area contributed by atoms with Crippen molar-refractivity contribution in [1.29, 1.82) is 0 Å². The zero-order valence-electron chi connectivity index (χ0n) is 10.7. The standard InChI is InChI=1S/C13H26N2/c1-10(2)14-12(4)9-15-7-6-11(3)8-13(15)5/h10-11,13-14H,4,6-9H2,1-3,5H3. The molecule has 1 aliphatic heterocycles. The first kappa shape index (κ1) is 12.6. The maximum Gasteiger partial charge on any atom is 0.0378 e. The van der Waals surface area contributed by atoms with E-state index in [1.807, 2.05) is 0 Å². The molecule has 0 spiro atoms. The molecule has 0 aromatic heterocycles. The average Bonchev–Trinajstić information content (AvgIpc) is 2.08. The highest BCUT2D eigenvalue weighted by atomic mass is 15.2. The van der Waals surface area contributed by atoms with Crippen LogP contribution in [0, 0.1) is 5.92 Å². The fraction of sp³-hybridized carbons (Fsp3) is 0.846. The highest BCUT2D eigenvalue weighted by Crippen LogP contribution is 2.22. The smallest absolute Gasteiger partial charge is 0.0378 e. The molecule has 0 saturated carbocycles. The van der Waals surface area contributed by atoms with Crippen LogP contribution in [0.1, 0.15) is 40.5 Å².